The molecular weight excluding hydrogens is 272 g/mol. The summed E-state index contributed by atoms with van der Waals surface area (Å²) in [6, 6.07) is 5.92. The van der Waals surface area contributed by atoms with E-state index >= 15 is 0 Å². The number of carbonyl (C=O) groups excluding carboxylic acids is 1. The molecule has 0 saturated heterocycles. The van der Waals surface area contributed by atoms with Gasteiger partial charge in [-0.1, -0.05) is 6.07 Å². The fourth-order valence-electron chi connectivity index (χ4n) is 2.29. The van der Waals surface area contributed by atoms with Gasteiger partial charge in [-0.15, -0.1) is 11.3 Å². The molecule has 4 nitrogen and oxygen atoms in total. The number of pyridine rings is 1. The molecule has 0 fully saturated rings. The Kier molecular flexibility index (Phi) is 3.60. The average Bonchev–Trinajstić information content (AvgIpc) is 2.88. The number of Topliss-reactive ketones (excluding diaryl/α,β-unsaturated/α-hetero) is 1. The topological polar surface area (TPSA) is 54.1 Å². The molecule has 2 aromatic heterocycles. The van der Waals surface area contributed by atoms with Crippen LogP contribution in [-0.4, -0.2) is 15.9 Å². The highest BCUT2D eigenvalue weighted by Crippen LogP contribution is 2.30. The van der Waals surface area contributed by atoms with E-state index in [-0.39, 0.29) is 11.5 Å². The standard InChI is InChI=1S/C15H14N2O2S/c18-12-5-4-6-13(19)14(12)15-16-9-11(20-15)10-17-7-2-1-3-8-17/h1-3,7-9H,4-6,10H2/p+1. The number of thiazole rings is 1. The van der Waals surface area contributed by atoms with Crippen LogP contribution in [0.1, 0.15) is 29.1 Å². The molecule has 3 rings (SSSR count). The molecule has 0 saturated carbocycles. The number of rotatable bonds is 3. The first-order valence-electron chi connectivity index (χ1n) is 6.58. The van der Waals surface area contributed by atoms with E-state index in [1.165, 1.54) is 11.3 Å². The first kappa shape index (κ1) is 13.0. The van der Waals surface area contributed by atoms with Crippen LogP contribution in [0, 0.1) is 0 Å². The molecule has 0 aromatic carbocycles. The normalized spacial score (nSPS) is 15.7. The maximum absolute atomic E-state index is 11.9. The van der Waals surface area contributed by atoms with Crippen molar-refractivity contribution in [2.24, 2.45) is 0 Å². The SMILES string of the molecule is O=C1CCCC(O)=C1c1ncc(C[n+]2ccccc2)s1. The Bertz CT molecular complexity index is 662. The van der Waals surface area contributed by atoms with Crippen LogP contribution in [0.15, 0.2) is 42.5 Å². The molecule has 2 heterocycles. The third-order valence-electron chi connectivity index (χ3n) is 3.27. The first-order valence-corrected chi connectivity index (χ1v) is 7.40. The summed E-state index contributed by atoms with van der Waals surface area (Å²) in [5, 5.41) is 10.5. The van der Waals surface area contributed by atoms with Crippen molar-refractivity contribution >= 4 is 22.7 Å². The molecule has 0 bridgehead atoms. The Morgan fingerprint density at radius 3 is 2.80 bits per heavy atom. The smallest absolute Gasteiger partial charge is 0.184 e. The largest absolute Gasteiger partial charge is 0.511 e. The van der Waals surface area contributed by atoms with Crippen LogP contribution in [0.3, 0.4) is 0 Å². The van der Waals surface area contributed by atoms with E-state index in [2.05, 4.69) is 4.98 Å². The summed E-state index contributed by atoms with van der Waals surface area (Å²) in [4.78, 5) is 17.3. The fraction of sp³-hybridized carbons (Fsp3) is 0.267. The Labute approximate surface area is 121 Å². The molecule has 0 spiro atoms. The molecule has 1 aliphatic rings. The van der Waals surface area contributed by atoms with E-state index in [1.807, 2.05) is 35.2 Å². The maximum Gasteiger partial charge on any atom is 0.184 e. The molecule has 0 radical (unpaired) electrons. The van der Waals surface area contributed by atoms with Crippen LogP contribution in [-0.2, 0) is 11.3 Å². The predicted octanol–water partition coefficient (Wildman–Crippen LogP) is 2.50. The number of aliphatic hydroxyl groups is 1. The third kappa shape index (κ3) is 2.63. The van der Waals surface area contributed by atoms with Crippen molar-refractivity contribution in [3.63, 3.8) is 0 Å². The van der Waals surface area contributed by atoms with E-state index in [9.17, 15) is 9.90 Å². The third-order valence-corrected chi connectivity index (χ3v) is 4.27. The monoisotopic (exact) mass is 287 g/mol. The number of aromatic nitrogens is 2. The van der Waals surface area contributed by atoms with Gasteiger partial charge < -0.3 is 5.11 Å². The van der Waals surface area contributed by atoms with Crippen molar-refractivity contribution < 1.29 is 14.5 Å². The Morgan fingerprint density at radius 1 is 1.25 bits per heavy atom. The van der Waals surface area contributed by atoms with Gasteiger partial charge in [0.05, 0.1) is 10.5 Å². The molecule has 2 aromatic rings. The maximum atomic E-state index is 11.9. The van der Waals surface area contributed by atoms with Gasteiger partial charge in [-0.05, 0) is 6.42 Å². The fourth-order valence-corrected chi connectivity index (χ4v) is 3.29. The van der Waals surface area contributed by atoms with Gasteiger partial charge in [0.15, 0.2) is 24.7 Å². The highest BCUT2D eigenvalue weighted by atomic mass is 32.1. The van der Waals surface area contributed by atoms with Crippen molar-refractivity contribution in [3.8, 4) is 0 Å². The Hall–Kier alpha value is -2.01. The summed E-state index contributed by atoms with van der Waals surface area (Å²) in [6.07, 6.45) is 7.56. The zero-order valence-electron chi connectivity index (χ0n) is 11.0. The summed E-state index contributed by atoms with van der Waals surface area (Å²) in [7, 11) is 0. The zero-order valence-corrected chi connectivity index (χ0v) is 11.8. The van der Waals surface area contributed by atoms with E-state index in [0.717, 1.165) is 17.8 Å². The molecule has 0 atom stereocenters. The minimum atomic E-state index is 0.00186. The molecule has 102 valence electrons. The van der Waals surface area contributed by atoms with E-state index < -0.39 is 0 Å². The van der Waals surface area contributed by atoms with Crippen molar-refractivity contribution in [1.29, 1.82) is 0 Å². The quantitative estimate of drug-likeness (QED) is 0.882. The lowest BCUT2D eigenvalue weighted by atomic mass is 9.97. The number of carbonyl (C=O) groups is 1. The lowest BCUT2D eigenvalue weighted by Gasteiger charge is -2.12. The number of aliphatic hydroxyl groups excluding tert-OH is 1. The Morgan fingerprint density at radius 2 is 2.05 bits per heavy atom. The molecule has 0 unspecified atom stereocenters. The van der Waals surface area contributed by atoms with Gasteiger partial charge >= 0.3 is 0 Å². The minimum Gasteiger partial charge on any atom is -0.511 e. The van der Waals surface area contributed by atoms with E-state index in [1.54, 1.807) is 6.20 Å². The molecule has 5 heteroatoms. The number of allylic oxidation sites excluding steroid dienone is 2. The predicted molar refractivity (Wildman–Crippen MR) is 76.3 cm³/mol. The van der Waals surface area contributed by atoms with Crippen LogP contribution in [0.4, 0.5) is 0 Å². The second-order valence-corrected chi connectivity index (χ2v) is 5.89. The van der Waals surface area contributed by atoms with Gasteiger partial charge in [0.2, 0.25) is 0 Å². The zero-order chi connectivity index (χ0) is 13.9. The second kappa shape index (κ2) is 5.54. The van der Waals surface area contributed by atoms with Crippen molar-refractivity contribution in [2.75, 3.05) is 0 Å². The molecule has 0 amide bonds. The molecule has 20 heavy (non-hydrogen) atoms. The van der Waals surface area contributed by atoms with Crippen molar-refractivity contribution in [3.05, 3.63) is 52.4 Å². The minimum absolute atomic E-state index is 0.00186. The summed E-state index contributed by atoms with van der Waals surface area (Å²) in [6.45, 7) is 0.723. The lowest BCUT2D eigenvalue weighted by molar-refractivity contribution is -0.687. The summed E-state index contributed by atoms with van der Waals surface area (Å²) in [5.74, 6) is 0.191. The van der Waals surface area contributed by atoms with Gasteiger partial charge in [-0.3, -0.25) is 4.79 Å². The van der Waals surface area contributed by atoms with Crippen LogP contribution >= 0.6 is 11.3 Å². The van der Waals surface area contributed by atoms with Crippen LogP contribution < -0.4 is 4.57 Å². The molecule has 1 N–H and O–H groups in total. The van der Waals surface area contributed by atoms with E-state index in [4.69, 9.17) is 0 Å². The summed E-state index contributed by atoms with van der Waals surface area (Å²) < 4.78 is 2.05. The van der Waals surface area contributed by atoms with Gasteiger partial charge in [0.25, 0.3) is 0 Å². The number of hydrogen-bond acceptors (Lipinski definition) is 4. The number of hydrogen-bond donors (Lipinski definition) is 1. The molecule has 0 aliphatic heterocycles. The van der Waals surface area contributed by atoms with Gasteiger partial charge in [-0.2, -0.15) is 4.57 Å². The number of nitrogens with zero attached hydrogens (tertiary/aromatic N) is 2. The van der Waals surface area contributed by atoms with Crippen LogP contribution in [0.25, 0.3) is 5.57 Å². The molecule has 1 aliphatic carbocycles. The summed E-state index contributed by atoms with van der Waals surface area (Å²) >= 11 is 1.47. The van der Waals surface area contributed by atoms with Gasteiger partial charge in [0, 0.05) is 31.2 Å². The van der Waals surface area contributed by atoms with Gasteiger partial charge in [-0.25, -0.2) is 4.98 Å². The lowest BCUT2D eigenvalue weighted by Crippen LogP contribution is -2.32. The Balaban J connectivity index is 1.85. The van der Waals surface area contributed by atoms with E-state index in [0.29, 0.717) is 23.4 Å². The van der Waals surface area contributed by atoms with Crippen LogP contribution in [0.5, 0.6) is 0 Å². The van der Waals surface area contributed by atoms with Crippen molar-refractivity contribution in [2.45, 2.75) is 25.8 Å². The molecular formula is C15H15N2O2S+. The average molecular weight is 287 g/mol. The first-order chi connectivity index (χ1) is 9.74. The second-order valence-electron chi connectivity index (χ2n) is 4.78. The van der Waals surface area contributed by atoms with Crippen LogP contribution in [0.2, 0.25) is 0 Å². The highest BCUT2D eigenvalue weighted by Gasteiger charge is 2.24. The highest BCUT2D eigenvalue weighted by molar-refractivity contribution is 7.13. The van der Waals surface area contributed by atoms with Crippen molar-refractivity contribution in [1.82, 2.24) is 4.98 Å². The summed E-state index contributed by atoms with van der Waals surface area (Å²) in [5.41, 5.74) is 0.422. The number of ketones is 1. The van der Waals surface area contributed by atoms with Gasteiger partial charge in [0.1, 0.15) is 10.8 Å².